The summed E-state index contributed by atoms with van der Waals surface area (Å²) < 4.78 is 5.43. The van der Waals surface area contributed by atoms with Crippen LogP contribution in [0.1, 0.15) is 25.8 Å². The van der Waals surface area contributed by atoms with Gasteiger partial charge in [-0.15, -0.1) is 0 Å². The topological polar surface area (TPSA) is 69.7 Å². The molecule has 1 aromatic rings. The van der Waals surface area contributed by atoms with Crippen molar-refractivity contribution in [2.45, 2.75) is 32.4 Å². The third-order valence-electron chi connectivity index (χ3n) is 4.90. The first-order valence-corrected chi connectivity index (χ1v) is 8.92. The number of carbonyl (C=O) groups is 1. The monoisotopic (exact) mass is 349 g/mol. The van der Waals surface area contributed by atoms with E-state index in [4.69, 9.17) is 4.74 Å². The number of nitrogens with zero attached hydrogens (tertiary/aromatic N) is 3. The van der Waals surface area contributed by atoms with Crippen LogP contribution in [0.15, 0.2) is 18.3 Å². The highest BCUT2D eigenvalue weighted by atomic mass is 16.5. The second-order valence-electron chi connectivity index (χ2n) is 6.87. The van der Waals surface area contributed by atoms with Crippen LogP contribution in [0, 0.1) is 0 Å². The van der Waals surface area contributed by atoms with Gasteiger partial charge in [0.15, 0.2) is 0 Å². The number of amides is 2. The highest BCUT2D eigenvalue weighted by Gasteiger charge is 2.31. The maximum atomic E-state index is 12.2. The number of rotatable bonds is 7. The Bertz CT molecular complexity index is 560. The fraction of sp³-hybridized carbons (Fsp3) is 0.667. The average molecular weight is 349 g/mol. The standard InChI is InChI=1S/C18H31N5O2/c1-5-18(2,23-9-11-25-12-10-23)14-21-17(24)20-13-15-7-6-8-19-16(15)22(3)4/h6-8H,5,9-14H2,1-4H3,(H2,20,21,24). The molecule has 0 saturated carbocycles. The smallest absolute Gasteiger partial charge is 0.315 e. The van der Waals surface area contributed by atoms with Gasteiger partial charge < -0.3 is 20.3 Å². The number of urea groups is 1. The van der Waals surface area contributed by atoms with Gasteiger partial charge >= 0.3 is 6.03 Å². The van der Waals surface area contributed by atoms with E-state index in [-0.39, 0.29) is 11.6 Å². The van der Waals surface area contributed by atoms with E-state index in [0.29, 0.717) is 13.1 Å². The lowest BCUT2D eigenvalue weighted by Gasteiger charge is -2.43. The summed E-state index contributed by atoms with van der Waals surface area (Å²) in [5.74, 6) is 0.870. The third-order valence-corrected chi connectivity index (χ3v) is 4.90. The zero-order valence-corrected chi connectivity index (χ0v) is 15.8. The zero-order valence-electron chi connectivity index (χ0n) is 15.8. The molecule has 0 spiro atoms. The van der Waals surface area contributed by atoms with Gasteiger partial charge in [-0.2, -0.15) is 0 Å². The summed E-state index contributed by atoms with van der Waals surface area (Å²) in [4.78, 5) is 20.9. The molecule has 2 heterocycles. The molecule has 1 fully saturated rings. The van der Waals surface area contributed by atoms with E-state index in [0.717, 1.165) is 44.1 Å². The van der Waals surface area contributed by atoms with Crippen LogP contribution < -0.4 is 15.5 Å². The highest BCUT2D eigenvalue weighted by Crippen LogP contribution is 2.20. The van der Waals surface area contributed by atoms with Crippen LogP contribution in [-0.4, -0.2) is 68.4 Å². The molecule has 140 valence electrons. The van der Waals surface area contributed by atoms with E-state index in [1.807, 2.05) is 31.1 Å². The van der Waals surface area contributed by atoms with Gasteiger partial charge in [-0.25, -0.2) is 9.78 Å². The molecule has 0 bridgehead atoms. The molecule has 1 unspecified atom stereocenters. The summed E-state index contributed by atoms with van der Waals surface area (Å²) in [5, 5.41) is 5.96. The first-order valence-electron chi connectivity index (χ1n) is 8.92. The van der Waals surface area contributed by atoms with Gasteiger partial charge in [0.25, 0.3) is 0 Å². The summed E-state index contributed by atoms with van der Waals surface area (Å²) in [6, 6.07) is 3.71. The zero-order chi connectivity index (χ0) is 18.3. The van der Waals surface area contributed by atoms with Crippen LogP contribution in [-0.2, 0) is 11.3 Å². The highest BCUT2D eigenvalue weighted by molar-refractivity contribution is 5.74. The Balaban J connectivity index is 1.85. The van der Waals surface area contributed by atoms with Gasteiger partial charge in [0.2, 0.25) is 0 Å². The number of hydrogen-bond donors (Lipinski definition) is 2. The molecular weight excluding hydrogens is 318 g/mol. The molecule has 0 aliphatic carbocycles. The quantitative estimate of drug-likeness (QED) is 0.780. The molecular formula is C18H31N5O2. The lowest BCUT2D eigenvalue weighted by atomic mass is 9.95. The molecule has 1 aliphatic heterocycles. The number of anilines is 1. The normalized spacial score (nSPS) is 17.6. The Morgan fingerprint density at radius 2 is 2.08 bits per heavy atom. The Morgan fingerprint density at radius 3 is 2.72 bits per heavy atom. The van der Waals surface area contributed by atoms with Gasteiger partial charge in [-0.3, -0.25) is 4.90 Å². The fourth-order valence-electron chi connectivity index (χ4n) is 3.04. The van der Waals surface area contributed by atoms with E-state index in [2.05, 4.69) is 34.4 Å². The Kier molecular flexibility index (Phi) is 7.01. The van der Waals surface area contributed by atoms with E-state index in [9.17, 15) is 4.79 Å². The predicted molar refractivity (Wildman–Crippen MR) is 99.9 cm³/mol. The molecule has 1 saturated heterocycles. The van der Waals surface area contributed by atoms with Crippen molar-refractivity contribution in [3.63, 3.8) is 0 Å². The van der Waals surface area contributed by atoms with Gasteiger partial charge in [-0.05, 0) is 19.4 Å². The lowest BCUT2D eigenvalue weighted by Crippen LogP contribution is -2.57. The molecule has 1 aliphatic rings. The molecule has 2 N–H and O–H groups in total. The number of ether oxygens (including phenoxy) is 1. The minimum Gasteiger partial charge on any atom is -0.379 e. The first kappa shape index (κ1) is 19.5. The Morgan fingerprint density at radius 1 is 1.36 bits per heavy atom. The van der Waals surface area contributed by atoms with Gasteiger partial charge in [0.05, 0.1) is 13.2 Å². The van der Waals surface area contributed by atoms with E-state index in [1.165, 1.54) is 0 Å². The Hall–Kier alpha value is -1.86. The van der Waals surface area contributed by atoms with Crippen molar-refractivity contribution in [3.8, 4) is 0 Å². The van der Waals surface area contributed by atoms with Crippen LogP contribution in [0.4, 0.5) is 10.6 Å². The second-order valence-corrected chi connectivity index (χ2v) is 6.87. The van der Waals surface area contributed by atoms with Crippen LogP contribution in [0.25, 0.3) is 0 Å². The van der Waals surface area contributed by atoms with Gasteiger partial charge in [0, 0.05) is 57.6 Å². The predicted octanol–water partition coefficient (Wildman–Crippen LogP) is 1.45. The van der Waals surface area contributed by atoms with Crippen LogP contribution in [0.2, 0.25) is 0 Å². The van der Waals surface area contributed by atoms with Crippen molar-refractivity contribution in [1.29, 1.82) is 0 Å². The molecule has 0 radical (unpaired) electrons. The van der Waals surface area contributed by atoms with Crippen molar-refractivity contribution in [2.75, 3.05) is 51.8 Å². The van der Waals surface area contributed by atoms with E-state index >= 15 is 0 Å². The minimum atomic E-state index is -0.151. The van der Waals surface area contributed by atoms with Crippen LogP contribution in [0.5, 0.6) is 0 Å². The summed E-state index contributed by atoms with van der Waals surface area (Å²) in [5.41, 5.74) is 0.943. The molecule has 1 aromatic heterocycles. The number of morpholine rings is 1. The molecule has 2 rings (SSSR count). The fourth-order valence-corrected chi connectivity index (χ4v) is 3.04. The lowest BCUT2D eigenvalue weighted by molar-refractivity contribution is -0.0165. The number of aromatic nitrogens is 1. The maximum Gasteiger partial charge on any atom is 0.315 e. The van der Waals surface area contributed by atoms with Crippen molar-refractivity contribution in [2.24, 2.45) is 0 Å². The molecule has 7 heteroatoms. The summed E-state index contributed by atoms with van der Waals surface area (Å²) in [7, 11) is 3.89. The van der Waals surface area contributed by atoms with Crippen molar-refractivity contribution in [1.82, 2.24) is 20.5 Å². The van der Waals surface area contributed by atoms with Crippen molar-refractivity contribution in [3.05, 3.63) is 23.9 Å². The minimum absolute atomic E-state index is 0.0514. The molecule has 25 heavy (non-hydrogen) atoms. The van der Waals surface area contributed by atoms with E-state index in [1.54, 1.807) is 6.20 Å². The third kappa shape index (κ3) is 5.31. The number of carbonyl (C=O) groups excluding carboxylic acids is 1. The molecule has 1 atom stereocenters. The Labute approximate surface area is 150 Å². The average Bonchev–Trinajstić information content (AvgIpc) is 2.65. The number of pyridine rings is 1. The summed E-state index contributed by atoms with van der Waals surface area (Å²) >= 11 is 0. The largest absolute Gasteiger partial charge is 0.379 e. The summed E-state index contributed by atoms with van der Waals surface area (Å²) in [6.07, 6.45) is 2.73. The van der Waals surface area contributed by atoms with Gasteiger partial charge in [-0.1, -0.05) is 13.0 Å². The van der Waals surface area contributed by atoms with Crippen molar-refractivity contribution < 1.29 is 9.53 Å². The molecule has 7 nitrogen and oxygen atoms in total. The number of nitrogens with one attached hydrogen (secondary N) is 2. The van der Waals surface area contributed by atoms with Crippen molar-refractivity contribution >= 4 is 11.8 Å². The SMILES string of the molecule is CCC(C)(CNC(=O)NCc1cccnc1N(C)C)N1CCOCC1. The van der Waals surface area contributed by atoms with Crippen LogP contribution in [0.3, 0.4) is 0 Å². The van der Waals surface area contributed by atoms with Crippen LogP contribution >= 0.6 is 0 Å². The molecule has 0 aromatic carbocycles. The maximum absolute atomic E-state index is 12.2. The first-order chi connectivity index (χ1) is 12.0. The van der Waals surface area contributed by atoms with E-state index < -0.39 is 0 Å². The summed E-state index contributed by atoms with van der Waals surface area (Å²) in [6.45, 7) is 8.77. The van der Waals surface area contributed by atoms with Gasteiger partial charge in [0.1, 0.15) is 5.82 Å². The molecule has 2 amide bonds. The second kappa shape index (κ2) is 9.01. The number of hydrogen-bond acceptors (Lipinski definition) is 5.